The number of aromatic nitrogens is 3. The van der Waals surface area contributed by atoms with E-state index in [0.29, 0.717) is 23.4 Å². The molecule has 0 aliphatic rings. The SMILES string of the molecule is CN(C)c1ccc(-c2nnc(-c3ccccc3-c3ncc(-c4ccccc4)o3)o2)cc1. The Bertz CT molecular complexity index is 1300. The van der Waals surface area contributed by atoms with E-state index >= 15 is 0 Å². The van der Waals surface area contributed by atoms with E-state index in [9.17, 15) is 0 Å². The van der Waals surface area contributed by atoms with Crippen LogP contribution in [-0.2, 0) is 0 Å². The van der Waals surface area contributed by atoms with Gasteiger partial charge in [0.05, 0.1) is 11.8 Å². The van der Waals surface area contributed by atoms with Gasteiger partial charge in [0.15, 0.2) is 5.76 Å². The maximum Gasteiger partial charge on any atom is 0.248 e. The molecular weight excluding hydrogens is 388 g/mol. The summed E-state index contributed by atoms with van der Waals surface area (Å²) in [6, 6.07) is 25.6. The van der Waals surface area contributed by atoms with Crippen LogP contribution in [0.25, 0.3) is 45.7 Å². The second-order valence-electron chi connectivity index (χ2n) is 7.29. The highest BCUT2D eigenvalue weighted by molar-refractivity contribution is 5.76. The second-order valence-corrected chi connectivity index (χ2v) is 7.29. The van der Waals surface area contributed by atoms with Gasteiger partial charge in [-0.1, -0.05) is 42.5 Å². The van der Waals surface area contributed by atoms with E-state index in [1.807, 2.05) is 97.9 Å². The first-order valence-electron chi connectivity index (χ1n) is 9.91. The average molecular weight is 408 g/mol. The fourth-order valence-electron chi connectivity index (χ4n) is 3.34. The number of hydrogen-bond acceptors (Lipinski definition) is 6. The van der Waals surface area contributed by atoms with Gasteiger partial charge in [-0.15, -0.1) is 10.2 Å². The molecule has 0 spiro atoms. The lowest BCUT2D eigenvalue weighted by Gasteiger charge is -2.11. The molecule has 0 amide bonds. The molecule has 6 heteroatoms. The summed E-state index contributed by atoms with van der Waals surface area (Å²) in [5.74, 6) is 2.09. The van der Waals surface area contributed by atoms with Crippen LogP contribution in [0.2, 0.25) is 0 Å². The van der Waals surface area contributed by atoms with Crippen molar-refractivity contribution in [2.24, 2.45) is 0 Å². The van der Waals surface area contributed by atoms with Crippen molar-refractivity contribution in [2.45, 2.75) is 0 Å². The summed E-state index contributed by atoms with van der Waals surface area (Å²) in [4.78, 5) is 6.52. The Balaban J connectivity index is 1.49. The standard InChI is InChI=1S/C25H20N4O2/c1-29(2)19-14-12-18(13-15-19)23-27-28-25(31-23)21-11-7-6-10-20(21)24-26-16-22(30-24)17-8-4-3-5-9-17/h3-16H,1-2H3. The molecule has 152 valence electrons. The Labute approximate surface area is 179 Å². The van der Waals surface area contributed by atoms with Gasteiger partial charge in [0.2, 0.25) is 17.7 Å². The maximum absolute atomic E-state index is 6.04. The third-order valence-electron chi connectivity index (χ3n) is 5.01. The molecule has 2 heterocycles. The first-order valence-corrected chi connectivity index (χ1v) is 9.91. The van der Waals surface area contributed by atoms with Gasteiger partial charge in [-0.2, -0.15) is 0 Å². The Morgan fingerprint density at radius 1 is 0.613 bits per heavy atom. The summed E-state index contributed by atoms with van der Waals surface area (Å²) in [6.07, 6.45) is 1.73. The van der Waals surface area contributed by atoms with E-state index < -0.39 is 0 Å². The largest absolute Gasteiger partial charge is 0.436 e. The smallest absolute Gasteiger partial charge is 0.248 e. The monoisotopic (exact) mass is 408 g/mol. The summed E-state index contributed by atoms with van der Waals surface area (Å²) in [5, 5.41) is 8.52. The van der Waals surface area contributed by atoms with E-state index in [0.717, 1.165) is 27.9 Å². The summed E-state index contributed by atoms with van der Waals surface area (Å²) in [6.45, 7) is 0. The average Bonchev–Trinajstić information content (AvgIpc) is 3.50. The summed E-state index contributed by atoms with van der Waals surface area (Å²) in [5.41, 5.74) is 4.51. The Kier molecular flexibility index (Phi) is 4.80. The minimum Gasteiger partial charge on any atom is -0.436 e. The zero-order valence-electron chi connectivity index (χ0n) is 17.2. The topological polar surface area (TPSA) is 68.2 Å². The Morgan fingerprint density at radius 3 is 1.97 bits per heavy atom. The van der Waals surface area contributed by atoms with Gasteiger partial charge in [-0.05, 0) is 36.4 Å². The lowest BCUT2D eigenvalue weighted by Crippen LogP contribution is -2.07. The van der Waals surface area contributed by atoms with Gasteiger partial charge in [0.25, 0.3) is 0 Å². The van der Waals surface area contributed by atoms with Crippen LogP contribution in [0.15, 0.2) is 93.9 Å². The lowest BCUT2D eigenvalue weighted by atomic mass is 10.1. The molecule has 0 atom stereocenters. The molecule has 0 bridgehead atoms. The molecule has 0 N–H and O–H groups in total. The molecule has 3 aromatic carbocycles. The summed E-state index contributed by atoms with van der Waals surface area (Å²) in [7, 11) is 4.01. The summed E-state index contributed by atoms with van der Waals surface area (Å²) < 4.78 is 12.0. The highest BCUT2D eigenvalue weighted by Gasteiger charge is 2.18. The maximum atomic E-state index is 6.04. The first-order chi connectivity index (χ1) is 15.2. The molecule has 0 saturated heterocycles. The molecule has 0 unspecified atom stereocenters. The minimum atomic E-state index is 0.418. The van der Waals surface area contributed by atoms with E-state index in [1.54, 1.807) is 6.20 Å². The van der Waals surface area contributed by atoms with Crippen LogP contribution in [0.3, 0.4) is 0 Å². The fourth-order valence-corrected chi connectivity index (χ4v) is 3.34. The zero-order valence-corrected chi connectivity index (χ0v) is 17.2. The molecule has 0 radical (unpaired) electrons. The van der Waals surface area contributed by atoms with E-state index in [1.165, 1.54) is 0 Å². The lowest BCUT2D eigenvalue weighted by molar-refractivity contribution is 0.579. The molecule has 31 heavy (non-hydrogen) atoms. The van der Waals surface area contributed by atoms with Crippen LogP contribution in [0.4, 0.5) is 5.69 Å². The van der Waals surface area contributed by atoms with Crippen LogP contribution in [0, 0.1) is 0 Å². The van der Waals surface area contributed by atoms with Crippen LogP contribution in [-0.4, -0.2) is 29.3 Å². The van der Waals surface area contributed by atoms with Crippen LogP contribution < -0.4 is 4.90 Å². The number of anilines is 1. The second kappa shape index (κ2) is 7.91. The first kappa shape index (κ1) is 18.8. The van der Waals surface area contributed by atoms with Crippen molar-refractivity contribution in [3.05, 3.63) is 85.1 Å². The fraction of sp³-hybridized carbons (Fsp3) is 0.0800. The van der Waals surface area contributed by atoms with Gasteiger partial charge in [0, 0.05) is 36.5 Å². The van der Waals surface area contributed by atoms with Gasteiger partial charge < -0.3 is 13.7 Å². The van der Waals surface area contributed by atoms with E-state index in [4.69, 9.17) is 8.83 Å². The highest BCUT2D eigenvalue weighted by Crippen LogP contribution is 2.34. The molecule has 0 fully saturated rings. The molecule has 0 aliphatic carbocycles. The third-order valence-corrected chi connectivity index (χ3v) is 5.01. The van der Waals surface area contributed by atoms with Gasteiger partial charge in [-0.25, -0.2) is 4.98 Å². The molecular formula is C25H20N4O2. The van der Waals surface area contributed by atoms with Crippen molar-refractivity contribution < 1.29 is 8.83 Å². The minimum absolute atomic E-state index is 0.418. The van der Waals surface area contributed by atoms with Crippen molar-refractivity contribution >= 4 is 5.69 Å². The third kappa shape index (κ3) is 3.71. The predicted octanol–water partition coefficient (Wildman–Crippen LogP) is 5.79. The molecule has 6 nitrogen and oxygen atoms in total. The number of benzene rings is 3. The van der Waals surface area contributed by atoms with Crippen molar-refractivity contribution in [3.8, 4) is 45.7 Å². The van der Waals surface area contributed by atoms with E-state index in [-0.39, 0.29) is 0 Å². The molecule has 5 aromatic rings. The molecule has 0 aliphatic heterocycles. The Hall–Kier alpha value is -4.19. The molecule has 5 rings (SSSR count). The molecule has 0 saturated carbocycles. The number of nitrogens with zero attached hydrogens (tertiary/aromatic N) is 4. The van der Waals surface area contributed by atoms with Crippen molar-refractivity contribution in [1.29, 1.82) is 0 Å². The number of oxazole rings is 1. The quantitative estimate of drug-likeness (QED) is 0.367. The Morgan fingerprint density at radius 2 is 1.26 bits per heavy atom. The highest BCUT2D eigenvalue weighted by atomic mass is 16.4. The van der Waals surface area contributed by atoms with Crippen LogP contribution in [0.5, 0.6) is 0 Å². The van der Waals surface area contributed by atoms with E-state index in [2.05, 4.69) is 15.2 Å². The number of hydrogen-bond donors (Lipinski definition) is 0. The molecule has 2 aromatic heterocycles. The van der Waals surface area contributed by atoms with Crippen LogP contribution >= 0.6 is 0 Å². The van der Waals surface area contributed by atoms with Crippen LogP contribution in [0.1, 0.15) is 0 Å². The summed E-state index contributed by atoms with van der Waals surface area (Å²) >= 11 is 0. The predicted molar refractivity (Wildman–Crippen MR) is 120 cm³/mol. The van der Waals surface area contributed by atoms with Gasteiger partial charge in [-0.3, -0.25) is 0 Å². The van der Waals surface area contributed by atoms with Crippen molar-refractivity contribution in [3.63, 3.8) is 0 Å². The number of rotatable bonds is 5. The van der Waals surface area contributed by atoms with Gasteiger partial charge in [0.1, 0.15) is 0 Å². The zero-order chi connectivity index (χ0) is 21.2. The normalized spacial score (nSPS) is 10.9. The van der Waals surface area contributed by atoms with Crippen molar-refractivity contribution in [1.82, 2.24) is 15.2 Å². The van der Waals surface area contributed by atoms with Gasteiger partial charge >= 0.3 is 0 Å². The van der Waals surface area contributed by atoms with Crippen molar-refractivity contribution in [2.75, 3.05) is 19.0 Å².